The molecule has 2 N–H and O–H groups in total. The quantitative estimate of drug-likeness (QED) is 0.884. The number of H-pyrrole nitrogens is 1. The maximum Gasteiger partial charge on any atom is 0.267 e. The summed E-state index contributed by atoms with van der Waals surface area (Å²) in [6.07, 6.45) is 4.63. The van der Waals surface area contributed by atoms with Crippen molar-refractivity contribution in [3.05, 3.63) is 69.6 Å². The van der Waals surface area contributed by atoms with Gasteiger partial charge in [-0.05, 0) is 36.3 Å². The van der Waals surface area contributed by atoms with Gasteiger partial charge < -0.3 is 10.3 Å². The summed E-state index contributed by atoms with van der Waals surface area (Å²) < 4.78 is 26.9. The minimum atomic E-state index is -0.597. The molecular weight excluding hydrogens is 314 g/mol. The Bertz CT molecular complexity index is 813. The zero-order valence-corrected chi connectivity index (χ0v) is 13.1. The molecule has 1 fully saturated rings. The largest absolute Gasteiger partial charge is 0.357 e. The molecule has 4 nitrogen and oxygen atoms in total. The number of halogens is 2. The average Bonchev–Trinajstić information content (AvgIpc) is 2.51. The van der Waals surface area contributed by atoms with Crippen LogP contribution in [0.15, 0.2) is 41.3 Å². The third-order valence-electron chi connectivity index (χ3n) is 4.64. The summed E-state index contributed by atoms with van der Waals surface area (Å²) in [7, 11) is 0. The van der Waals surface area contributed by atoms with Gasteiger partial charge in [0.15, 0.2) is 5.43 Å². The predicted octanol–water partition coefficient (Wildman–Crippen LogP) is 2.80. The Morgan fingerprint density at radius 2 is 2.00 bits per heavy atom. The SMILES string of the molecule is O=C(NCC1(Cc2ccc(F)cc2F)CCC1)c1cc(=O)cc[nH]1. The van der Waals surface area contributed by atoms with Gasteiger partial charge >= 0.3 is 0 Å². The second-order valence-electron chi connectivity index (χ2n) is 6.39. The number of nitrogens with one attached hydrogen (secondary N) is 2. The molecule has 0 atom stereocenters. The molecule has 0 saturated heterocycles. The zero-order chi connectivity index (χ0) is 17.2. The van der Waals surface area contributed by atoms with Crippen molar-refractivity contribution in [2.75, 3.05) is 6.54 Å². The number of carbonyl (C=O) groups is 1. The number of pyridine rings is 1. The normalized spacial score (nSPS) is 15.6. The molecule has 1 saturated carbocycles. The molecule has 0 bridgehead atoms. The van der Waals surface area contributed by atoms with Crippen molar-refractivity contribution in [3.63, 3.8) is 0 Å². The van der Waals surface area contributed by atoms with E-state index in [1.165, 1.54) is 30.5 Å². The minimum Gasteiger partial charge on any atom is -0.357 e. The van der Waals surface area contributed by atoms with Crippen molar-refractivity contribution in [3.8, 4) is 0 Å². The first-order valence-electron chi connectivity index (χ1n) is 7.88. The number of carbonyl (C=O) groups excluding carboxylic acids is 1. The van der Waals surface area contributed by atoms with Crippen LogP contribution in [0.2, 0.25) is 0 Å². The number of benzene rings is 1. The molecule has 1 amide bonds. The minimum absolute atomic E-state index is 0.199. The van der Waals surface area contributed by atoms with Crippen LogP contribution in [-0.4, -0.2) is 17.4 Å². The lowest BCUT2D eigenvalue weighted by Gasteiger charge is -2.42. The van der Waals surface area contributed by atoms with Gasteiger partial charge in [-0.2, -0.15) is 0 Å². The molecule has 0 unspecified atom stereocenters. The first-order valence-corrected chi connectivity index (χ1v) is 7.88. The number of aromatic nitrogens is 1. The molecule has 1 heterocycles. The molecule has 1 aliphatic carbocycles. The molecule has 24 heavy (non-hydrogen) atoms. The molecule has 3 rings (SSSR count). The van der Waals surface area contributed by atoms with Crippen molar-refractivity contribution < 1.29 is 13.6 Å². The third kappa shape index (κ3) is 3.53. The molecule has 1 aromatic heterocycles. The van der Waals surface area contributed by atoms with Crippen LogP contribution in [0, 0.1) is 17.0 Å². The highest BCUT2D eigenvalue weighted by Crippen LogP contribution is 2.43. The van der Waals surface area contributed by atoms with Gasteiger partial charge in [0.25, 0.3) is 5.91 Å². The maximum absolute atomic E-state index is 13.9. The van der Waals surface area contributed by atoms with Crippen LogP contribution >= 0.6 is 0 Å². The van der Waals surface area contributed by atoms with Gasteiger partial charge in [-0.25, -0.2) is 8.78 Å². The highest BCUT2D eigenvalue weighted by Gasteiger charge is 2.38. The zero-order valence-electron chi connectivity index (χ0n) is 13.1. The lowest BCUT2D eigenvalue weighted by molar-refractivity contribution is 0.0853. The van der Waals surface area contributed by atoms with E-state index < -0.39 is 11.6 Å². The Morgan fingerprint density at radius 1 is 1.21 bits per heavy atom. The number of amides is 1. The van der Waals surface area contributed by atoms with E-state index >= 15 is 0 Å². The standard InChI is InChI=1S/C18H18F2N2O2/c19-13-3-2-12(15(20)8-13)10-18(5-1-6-18)11-22-17(24)16-9-14(23)4-7-21-16/h2-4,7-9H,1,5-6,10-11H2,(H,21,23)(H,22,24). The van der Waals surface area contributed by atoms with Gasteiger partial charge in [-0.1, -0.05) is 12.5 Å². The van der Waals surface area contributed by atoms with Crippen LogP contribution in [0.5, 0.6) is 0 Å². The fourth-order valence-electron chi connectivity index (χ4n) is 3.10. The second kappa shape index (κ2) is 6.55. The lowest BCUT2D eigenvalue weighted by atomic mass is 9.65. The lowest BCUT2D eigenvalue weighted by Crippen LogP contribution is -2.44. The number of hydrogen-bond donors (Lipinski definition) is 2. The molecular formula is C18H18F2N2O2. The van der Waals surface area contributed by atoms with E-state index in [4.69, 9.17) is 0 Å². The summed E-state index contributed by atoms with van der Waals surface area (Å²) in [6.45, 7) is 0.388. The van der Waals surface area contributed by atoms with Gasteiger partial charge in [0, 0.05) is 30.9 Å². The van der Waals surface area contributed by atoms with Crippen LogP contribution in [0.1, 0.15) is 35.3 Å². The van der Waals surface area contributed by atoms with Gasteiger partial charge in [0.05, 0.1) is 0 Å². The monoisotopic (exact) mass is 332 g/mol. The van der Waals surface area contributed by atoms with Crippen molar-refractivity contribution >= 4 is 5.91 Å². The van der Waals surface area contributed by atoms with Crippen molar-refractivity contribution in [1.82, 2.24) is 10.3 Å². The summed E-state index contributed by atoms with van der Waals surface area (Å²) in [5.74, 6) is -1.52. The molecule has 0 aliphatic heterocycles. The summed E-state index contributed by atoms with van der Waals surface area (Å²) in [6, 6.07) is 6.16. The van der Waals surface area contributed by atoms with Crippen molar-refractivity contribution in [1.29, 1.82) is 0 Å². The molecule has 6 heteroatoms. The Hall–Kier alpha value is -2.50. The van der Waals surface area contributed by atoms with Crippen LogP contribution in [0.3, 0.4) is 0 Å². The van der Waals surface area contributed by atoms with Gasteiger partial charge in [0.1, 0.15) is 17.3 Å². The van der Waals surface area contributed by atoms with Gasteiger partial charge in [-0.3, -0.25) is 9.59 Å². The molecule has 0 radical (unpaired) electrons. The van der Waals surface area contributed by atoms with E-state index in [9.17, 15) is 18.4 Å². The Morgan fingerprint density at radius 3 is 2.62 bits per heavy atom. The van der Waals surface area contributed by atoms with Gasteiger partial charge in [-0.15, -0.1) is 0 Å². The smallest absolute Gasteiger partial charge is 0.267 e. The third-order valence-corrected chi connectivity index (χ3v) is 4.64. The van der Waals surface area contributed by atoms with E-state index in [0.29, 0.717) is 18.5 Å². The summed E-state index contributed by atoms with van der Waals surface area (Å²) in [5, 5.41) is 2.81. The first kappa shape index (κ1) is 16.4. The predicted molar refractivity (Wildman–Crippen MR) is 85.7 cm³/mol. The highest BCUT2D eigenvalue weighted by atomic mass is 19.1. The average molecular weight is 332 g/mol. The number of hydrogen-bond acceptors (Lipinski definition) is 2. The fraction of sp³-hybridized carbons (Fsp3) is 0.333. The van der Waals surface area contributed by atoms with Crippen molar-refractivity contribution in [2.24, 2.45) is 5.41 Å². The van der Waals surface area contributed by atoms with E-state index in [1.54, 1.807) is 0 Å². The van der Waals surface area contributed by atoms with Crippen LogP contribution in [-0.2, 0) is 6.42 Å². The molecule has 0 spiro atoms. The second-order valence-corrected chi connectivity index (χ2v) is 6.39. The Labute approximate surface area is 137 Å². The molecule has 126 valence electrons. The Kier molecular flexibility index (Phi) is 4.46. The first-order chi connectivity index (χ1) is 11.5. The number of aromatic amines is 1. The van der Waals surface area contributed by atoms with Crippen molar-refractivity contribution in [2.45, 2.75) is 25.7 Å². The highest BCUT2D eigenvalue weighted by molar-refractivity contribution is 5.92. The summed E-state index contributed by atoms with van der Waals surface area (Å²) in [4.78, 5) is 26.2. The maximum atomic E-state index is 13.9. The van der Waals surface area contributed by atoms with E-state index in [0.717, 1.165) is 25.3 Å². The topological polar surface area (TPSA) is 62.0 Å². The van der Waals surface area contributed by atoms with Crippen LogP contribution < -0.4 is 10.7 Å². The molecule has 1 aliphatic rings. The molecule has 1 aromatic carbocycles. The Balaban J connectivity index is 1.67. The fourth-order valence-corrected chi connectivity index (χ4v) is 3.10. The van der Waals surface area contributed by atoms with E-state index in [-0.39, 0.29) is 22.4 Å². The van der Waals surface area contributed by atoms with Gasteiger partial charge in [0.2, 0.25) is 0 Å². The molecule has 2 aromatic rings. The van der Waals surface area contributed by atoms with E-state index in [2.05, 4.69) is 10.3 Å². The summed E-state index contributed by atoms with van der Waals surface area (Å²) in [5.41, 5.74) is 0.192. The van der Waals surface area contributed by atoms with Crippen LogP contribution in [0.4, 0.5) is 8.78 Å². The summed E-state index contributed by atoms with van der Waals surface area (Å²) >= 11 is 0. The van der Waals surface area contributed by atoms with Crippen LogP contribution in [0.25, 0.3) is 0 Å². The number of rotatable bonds is 5. The van der Waals surface area contributed by atoms with E-state index in [1.807, 2.05) is 0 Å².